The van der Waals surface area contributed by atoms with Crippen LogP contribution in [0.5, 0.6) is 11.5 Å². The summed E-state index contributed by atoms with van der Waals surface area (Å²) in [7, 11) is 5.38. The Labute approximate surface area is 114 Å². The van der Waals surface area contributed by atoms with E-state index in [1.807, 2.05) is 12.1 Å². The highest BCUT2D eigenvalue weighted by atomic mass is 16.5. The second-order valence-electron chi connectivity index (χ2n) is 4.92. The van der Waals surface area contributed by atoms with Gasteiger partial charge in [-0.1, -0.05) is 6.92 Å². The van der Waals surface area contributed by atoms with Crippen LogP contribution >= 0.6 is 0 Å². The van der Waals surface area contributed by atoms with Crippen molar-refractivity contribution in [1.82, 2.24) is 4.57 Å². The van der Waals surface area contributed by atoms with Gasteiger partial charge in [0.15, 0.2) is 11.5 Å². The first-order chi connectivity index (χ1) is 9.04. The highest BCUT2D eigenvalue weighted by Crippen LogP contribution is 2.38. The monoisotopic (exact) mass is 262 g/mol. The molecule has 0 spiro atoms. The number of aryl methyl sites for hydroxylation is 1. The molecule has 2 rings (SSSR count). The Morgan fingerprint density at radius 1 is 1.21 bits per heavy atom. The van der Waals surface area contributed by atoms with Crippen LogP contribution in [0.3, 0.4) is 0 Å². The largest absolute Gasteiger partial charge is 0.493 e. The predicted molar refractivity (Wildman–Crippen MR) is 78.2 cm³/mol. The van der Waals surface area contributed by atoms with Crippen molar-refractivity contribution in [3.05, 3.63) is 23.4 Å². The summed E-state index contributed by atoms with van der Waals surface area (Å²) in [6, 6.07) is 4.07. The van der Waals surface area contributed by atoms with E-state index in [9.17, 15) is 0 Å². The molecule has 1 aromatic heterocycles. The summed E-state index contributed by atoms with van der Waals surface area (Å²) < 4.78 is 12.9. The summed E-state index contributed by atoms with van der Waals surface area (Å²) >= 11 is 0. The van der Waals surface area contributed by atoms with Crippen molar-refractivity contribution in [2.75, 3.05) is 20.8 Å². The van der Waals surface area contributed by atoms with Crippen LogP contribution in [0.1, 0.15) is 24.1 Å². The van der Waals surface area contributed by atoms with Crippen LogP contribution in [0.2, 0.25) is 0 Å². The zero-order valence-corrected chi connectivity index (χ0v) is 12.3. The Kier molecular flexibility index (Phi) is 3.71. The van der Waals surface area contributed by atoms with Crippen LogP contribution in [0.15, 0.2) is 12.1 Å². The van der Waals surface area contributed by atoms with Gasteiger partial charge in [0, 0.05) is 24.2 Å². The minimum atomic E-state index is 0.321. The number of ether oxygens (including phenoxy) is 2. The summed E-state index contributed by atoms with van der Waals surface area (Å²) in [5, 5.41) is 1.19. The maximum atomic E-state index is 5.83. The zero-order chi connectivity index (χ0) is 14.2. The number of methoxy groups -OCH3 is 2. The molecular weight excluding hydrogens is 240 g/mol. The first-order valence-electron chi connectivity index (χ1n) is 6.46. The quantitative estimate of drug-likeness (QED) is 0.921. The molecule has 4 heteroatoms. The van der Waals surface area contributed by atoms with E-state index in [1.165, 1.54) is 16.6 Å². The lowest BCUT2D eigenvalue weighted by atomic mass is 9.98. The molecule has 19 heavy (non-hydrogen) atoms. The first kappa shape index (κ1) is 13.7. The molecule has 0 aliphatic rings. The van der Waals surface area contributed by atoms with Gasteiger partial charge in [0.25, 0.3) is 0 Å². The SMILES string of the molecule is COc1cc2c(C(C)CN)c(C)n(C)c2cc1OC. The number of hydrogen-bond donors (Lipinski definition) is 1. The van der Waals surface area contributed by atoms with Gasteiger partial charge in [-0.2, -0.15) is 0 Å². The van der Waals surface area contributed by atoms with Crippen LogP contribution in [0, 0.1) is 6.92 Å². The highest BCUT2D eigenvalue weighted by molar-refractivity contribution is 5.89. The Morgan fingerprint density at radius 3 is 2.32 bits per heavy atom. The standard InChI is InChI=1S/C15H22N2O2/c1-9(8-16)15-10(2)17(3)12-7-14(19-5)13(18-4)6-11(12)15/h6-7,9H,8,16H2,1-5H3. The van der Waals surface area contributed by atoms with Gasteiger partial charge in [-0.05, 0) is 31.0 Å². The summed E-state index contributed by atoms with van der Waals surface area (Å²) in [4.78, 5) is 0. The van der Waals surface area contributed by atoms with Crippen molar-refractivity contribution in [1.29, 1.82) is 0 Å². The van der Waals surface area contributed by atoms with Crippen LogP contribution < -0.4 is 15.2 Å². The molecular formula is C15H22N2O2. The third-order valence-electron chi connectivity index (χ3n) is 3.89. The average Bonchev–Trinajstić information content (AvgIpc) is 2.68. The van der Waals surface area contributed by atoms with Crippen LogP contribution in [-0.4, -0.2) is 25.3 Å². The number of nitrogens with two attached hydrogens (primary N) is 1. The van der Waals surface area contributed by atoms with Gasteiger partial charge in [-0.25, -0.2) is 0 Å². The first-order valence-corrected chi connectivity index (χ1v) is 6.46. The van der Waals surface area contributed by atoms with E-state index in [4.69, 9.17) is 15.2 Å². The van der Waals surface area contributed by atoms with Crippen molar-refractivity contribution in [2.24, 2.45) is 12.8 Å². The Bertz CT molecular complexity index is 602. The molecule has 4 nitrogen and oxygen atoms in total. The molecule has 0 aliphatic carbocycles. The van der Waals surface area contributed by atoms with Gasteiger partial charge in [0.05, 0.1) is 19.7 Å². The van der Waals surface area contributed by atoms with E-state index in [2.05, 4.69) is 25.5 Å². The molecule has 0 bridgehead atoms. The average molecular weight is 262 g/mol. The summed E-state index contributed by atoms with van der Waals surface area (Å²) in [6.07, 6.45) is 0. The second kappa shape index (κ2) is 5.13. The number of nitrogens with zero attached hydrogens (tertiary/aromatic N) is 1. The fourth-order valence-electron chi connectivity index (χ4n) is 2.66. The summed E-state index contributed by atoms with van der Waals surface area (Å²) in [5.74, 6) is 1.83. The third-order valence-corrected chi connectivity index (χ3v) is 3.89. The molecule has 0 saturated heterocycles. The van der Waals surface area contributed by atoms with Gasteiger partial charge >= 0.3 is 0 Å². The number of benzene rings is 1. The Morgan fingerprint density at radius 2 is 1.79 bits per heavy atom. The number of hydrogen-bond acceptors (Lipinski definition) is 3. The van der Waals surface area contributed by atoms with Crippen molar-refractivity contribution in [3.8, 4) is 11.5 Å². The topological polar surface area (TPSA) is 49.4 Å². The van der Waals surface area contributed by atoms with Crippen molar-refractivity contribution in [3.63, 3.8) is 0 Å². The molecule has 104 valence electrons. The Balaban J connectivity index is 2.80. The third kappa shape index (κ3) is 2.06. The van der Waals surface area contributed by atoms with E-state index >= 15 is 0 Å². The lowest BCUT2D eigenvalue weighted by Gasteiger charge is -2.11. The number of aromatic nitrogens is 1. The highest BCUT2D eigenvalue weighted by Gasteiger charge is 2.19. The maximum Gasteiger partial charge on any atom is 0.162 e. The van der Waals surface area contributed by atoms with Gasteiger partial charge in [0.2, 0.25) is 0 Å². The minimum absolute atomic E-state index is 0.321. The number of rotatable bonds is 4. The molecule has 1 heterocycles. The van der Waals surface area contributed by atoms with Gasteiger partial charge < -0.3 is 19.8 Å². The van der Waals surface area contributed by atoms with Gasteiger partial charge in [0.1, 0.15) is 0 Å². The fraction of sp³-hybridized carbons (Fsp3) is 0.467. The van der Waals surface area contributed by atoms with Crippen molar-refractivity contribution in [2.45, 2.75) is 19.8 Å². The van der Waals surface area contributed by atoms with E-state index in [0.717, 1.165) is 17.0 Å². The molecule has 0 fully saturated rings. The van der Waals surface area contributed by atoms with E-state index < -0.39 is 0 Å². The predicted octanol–water partition coefficient (Wildman–Crippen LogP) is 2.57. The maximum absolute atomic E-state index is 5.83. The lowest BCUT2D eigenvalue weighted by Crippen LogP contribution is -2.10. The smallest absolute Gasteiger partial charge is 0.162 e. The second-order valence-corrected chi connectivity index (χ2v) is 4.92. The normalized spacial score (nSPS) is 12.7. The van der Waals surface area contributed by atoms with Crippen LogP contribution in [-0.2, 0) is 7.05 Å². The van der Waals surface area contributed by atoms with Gasteiger partial charge in [-0.3, -0.25) is 0 Å². The van der Waals surface area contributed by atoms with Crippen LogP contribution in [0.25, 0.3) is 10.9 Å². The van der Waals surface area contributed by atoms with E-state index in [1.54, 1.807) is 14.2 Å². The molecule has 1 unspecified atom stereocenters. The molecule has 0 amide bonds. The molecule has 2 aromatic rings. The zero-order valence-electron chi connectivity index (χ0n) is 12.3. The van der Waals surface area contributed by atoms with Crippen molar-refractivity contribution < 1.29 is 9.47 Å². The van der Waals surface area contributed by atoms with Gasteiger partial charge in [-0.15, -0.1) is 0 Å². The molecule has 0 saturated carbocycles. The summed E-state index contributed by atoms with van der Waals surface area (Å²) in [5.41, 5.74) is 9.51. The van der Waals surface area contributed by atoms with Crippen molar-refractivity contribution >= 4 is 10.9 Å². The number of fused-ring (bicyclic) bond motifs is 1. The fourth-order valence-corrected chi connectivity index (χ4v) is 2.66. The minimum Gasteiger partial charge on any atom is -0.493 e. The molecule has 1 atom stereocenters. The Hall–Kier alpha value is -1.68. The van der Waals surface area contributed by atoms with E-state index in [-0.39, 0.29) is 0 Å². The molecule has 2 N–H and O–H groups in total. The lowest BCUT2D eigenvalue weighted by molar-refractivity contribution is 0.355. The van der Waals surface area contributed by atoms with Crippen LogP contribution in [0.4, 0.5) is 0 Å². The summed E-state index contributed by atoms with van der Waals surface area (Å²) in [6.45, 7) is 4.91. The molecule has 0 aliphatic heterocycles. The molecule has 1 aromatic carbocycles. The van der Waals surface area contributed by atoms with E-state index in [0.29, 0.717) is 12.5 Å². The molecule has 0 radical (unpaired) electrons.